The van der Waals surface area contributed by atoms with Crippen LogP contribution in [0.25, 0.3) is 0 Å². The summed E-state index contributed by atoms with van der Waals surface area (Å²) in [5.74, 6) is 0.839. The fraction of sp³-hybridized carbons (Fsp3) is 0.538. The van der Waals surface area contributed by atoms with E-state index in [1.807, 2.05) is 12.1 Å². The third-order valence-electron chi connectivity index (χ3n) is 8.25. The molecule has 0 amide bonds. The highest BCUT2D eigenvalue weighted by Crippen LogP contribution is 2.41. The maximum Gasteiger partial charge on any atom is 0.143 e. The van der Waals surface area contributed by atoms with E-state index in [1.54, 1.807) is 7.11 Å². The fourth-order valence-electron chi connectivity index (χ4n) is 5.81. The molecule has 0 aliphatic rings. The molecule has 0 spiro atoms. The Bertz CT molecular complexity index is 993. The normalized spacial score (nSPS) is 11.6. The van der Waals surface area contributed by atoms with Gasteiger partial charge in [-0.15, -0.1) is 0 Å². The second-order valence-corrected chi connectivity index (χ2v) is 11.6. The second kappa shape index (κ2) is 21.1. The number of methoxy groups -OCH3 is 1. The summed E-state index contributed by atoms with van der Waals surface area (Å²) >= 11 is 0. The monoisotopic (exact) mass is 572 g/mol. The van der Waals surface area contributed by atoms with Crippen molar-refractivity contribution in [2.75, 3.05) is 26.9 Å². The van der Waals surface area contributed by atoms with E-state index < -0.39 is 5.60 Å². The minimum Gasteiger partial charge on any atom is -0.497 e. The molecule has 0 bridgehead atoms. The van der Waals surface area contributed by atoms with Gasteiger partial charge in [-0.2, -0.15) is 0 Å². The molecule has 3 aromatic carbocycles. The van der Waals surface area contributed by atoms with E-state index in [9.17, 15) is 0 Å². The van der Waals surface area contributed by atoms with E-state index in [0.717, 1.165) is 48.5 Å². The van der Waals surface area contributed by atoms with Crippen molar-refractivity contribution in [3.63, 3.8) is 0 Å². The van der Waals surface area contributed by atoms with E-state index in [-0.39, 0.29) is 0 Å². The predicted molar refractivity (Wildman–Crippen MR) is 177 cm³/mol. The van der Waals surface area contributed by atoms with Crippen molar-refractivity contribution in [1.29, 1.82) is 0 Å². The molecule has 0 fully saturated rings. The zero-order chi connectivity index (χ0) is 29.6. The van der Waals surface area contributed by atoms with Gasteiger partial charge in [0.25, 0.3) is 0 Å². The van der Waals surface area contributed by atoms with Gasteiger partial charge in [0, 0.05) is 13.2 Å². The molecule has 3 rings (SSSR count). The van der Waals surface area contributed by atoms with E-state index >= 15 is 0 Å². The van der Waals surface area contributed by atoms with Gasteiger partial charge >= 0.3 is 0 Å². The minimum absolute atomic E-state index is 0.606. The zero-order valence-corrected chi connectivity index (χ0v) is 26.5. The van der Waals surface area contributed by atoms with E-state index in [2.05, 4.69) is 79.7 Å². The molecule has 42 heavy (non-hydrogen) atoms. The molecule has 3 heteroatoms. The third-order valence-corrected chi connectivity index (χ3v) is 8.25. The number of rotatable bonds is 24. The number of benzene rings is 3. The van der Waals surface area contributed by atoms with Gasteiger partial charge in [0.2, 0.25) is 0 Å². The molecular weight excluding hydrogens is 516 g/mol. The van der Waals surface area contributed by atoms with Crippen LogP contribution in [-0.4, -0.2) is 26.9 Å². The maximum atomic E-state index is 6.87. The minimum atomic E-state index is -0.705. The van der Waals surface area contributed by atoms with Gasteiger partial charge in [0.15, 0.2) is 0 Å². The molecule has 3 aromatic rings. The summed E-state index contributed by atoms with van der Waals surface area (Å²) in [7, 11) is 1.70. The highest BCUT2D eigenvalue weighted by molar-refractivity contribution is 5.48. The lowest BCUT2D eigenvalue weighted by molar-refractivity contribution is -0.000743. The Balaban J connectivity index is 1.36. The molecule has 0 aliphatic carbocycles. The molecule has 3 nitrogen and oxygen atoms in total. The van der Waals surface area contributed by atoms with Crippen LogP contribution in [0.15, 0.2) is 84.9 Å². The average Bonchev–Trinajstić information content (AvgIpc) is 3.05. The van der Waals surface area contributed by atoms with Crippen LogP contribution >= 0.6 is 0 Å². The Hall–Kier alpha value is -2.62. The zero-order valence-electron chi connectivity index (χ0n) is 26.5. The lowest BCUT2D eigenvalue weighted by atomic mass is 9.80. The Morgan fingerprint density at radius 1 is 0.452 bits per heavy atom. The van der Waals surface area contributed by atoms with Crippen molar-refractivity contribution >= 4 is 0 Å². The number of hydrogen-bond acceptors (Lipinski definition) is 3. The Morgan fingerprint density at radius 2 is 0.881 bits per heavy atom. The first-order valence-electron chi connectivity index (χ1n) is 16.8. The average molecular weight is 573 g/mol. The highest BCUT2D eigenvalue weighted by atomic mass is 16.5. The van der Waals surface area contributed by atoms with Gasteiger partial charge in [-0.3, -0.25) is 0 Å². The molecule has 230 valence electrons. The summed E-state index contributed by atoms with van der Waals surface area (Å²) in [6, 6.07) is 29.3. The molecule has 0 aromatic heterocycles. The van der Waals surface area contributed by atoms with Crippen molar-refractivity contribution < 1.29 is 14.2 Å². The van der Waals surface area contributed by atoms with Crippen LogP contribution in [0.3, 0.4) is 0 Å². The third kappa shape index (κ3) is 11.6. The van der Waals surface area contributed by atoms with Crippen LogP contribution in [0.4, 0.5) is 0 Å². The summed E-state index contributed by atoms with van der Waals surface area (Å²) in [6.07, 6.45) is 20.2. The van der Waals surface area contributed by atoms with E-state index in [1.165, 1.54) is 83.5 Å². The Morgan fingerprint density at radius 3 is 1.36 bits per heavy atom. The molecule has 0 radical (unpaired) electrons. The van der Waals surface area contributed by atoms with Crippen molar-refractivity contribution in [2.45, 2.75) is 109 Å². The Kier molecular flexibility index (Phi) is 17.0. The lowest BCUT2D eigenvalue weighted by Gasteiger charge is -2.36. The van der Waals surface area contributed by atoms with Crippen molar-refractivity contribution in [3.05, 3.63) is 102 Å². The summed E-state index contributed by atoms with van der Waals surface area (Å²) in [4.78, 5) is 0. The molecule has 0 aliphatic heterocycles. The smallest absolute Gasteiger partial charge is 0.143 e. The molecule has 0 unspecified atom stereocenters. The SMILES string of the molecule is CCCCCCCCCCCCCCCCOCCCOC(c1ccccc1)(c1ccccc1)c1ccc(OC)cc1. The van der Waals surface area contributed by atoms with E-state index in [4.69, 9.17) is 14.2 Å². The quantitative estimate of drug-likeness (QED) is 0.0789. The van der Waals surface area contributed by atoms with Gasteiger partial charge in [-0.05, 0) is 41.7 Å². The fourth-order valence-corrected chi connectivity index (χ4v) is 5.81. The van der Waals surface area contributed by atoms with Crippen LogP contribution in [0.2, 0.25) is 0 Å². The first-order chi connectivity index (χ1) is 20.8. The maximum absolute atomic E-state index is 6.87. The number of ether oxygens (including phenoxy) is 3. The summed E-state index contributed by atoms with van der Waals surface area (Å²) in [6.45, 7) is 4.46. The number of hydrogen-bond donors (Lipinski definition) is 0. The van der Waals surface area contributed by atoms with Crippen molar-refractivity contribution in [3.8, 4) is 5.75 Å². The summed E-state index contributed by atoms with van der Waals surface area (Å²) in [5, 5.41) is 0. The molecule has 0 N–H and O–H groups in total. The van der Waals surface area contributed by atoms with Gasteiger partial charge in [-0.1, -0.05) is 163 Å². The number of unbranched alkanes of at least 4 members (excludes halogenated alkanes) is 13. The molecule has 0 atom stereocenters. The molecular formula is C39H56O3. The topological polar surface area (TPSA) is 27.7 Å². The van der Waals surface area contributed by atoms with Crippen molar-refractivity contribution in [1.82, 2.24) is 0 Å². The lowest BCUT2D eigenvalue weighted by Crippen LogP contribution is -2.33. The van der Waals surface area contributed by atoms with Gasteiger partial charge in [0.05, 0.1) is 13.7 Å². The molecule has 0 saturated carbocycles. The van der Waals surface area contributed by atoms with Gasteiger partial charge in [-0.25, -0.2) is 0 Å². The first kappa shape index (κ1) is 33.9. The van der Waals surface area contributed by atoms with Gasteiger partial charge < -0.3 is 14.2 Å². The first-order valence-corrected chi connectivity index (χ1v) is 16.8. The van der Waals surface area contributed by atoms with Crippen LogP contribution in [0, 0.1) is 0 Å². The predicted octanol–water partition coefficient (Wildman–Crippen LogP) is 10.9. The van der Waals surface area contributed by atoms with Crippen molar-refractivity contribution in [2.24, 2.45) is 0 Å². The Labute approximate surface area is 257 Å². The van der Waals surface area contributed by atoms with Crippen LogP contribution < -0.4 is 4.74 Å². The largest absolute Gasteiger partial charge is 0.497 e. The molecule has 0 heterocycles. The molecule has 0 saturated heterocycles. The summed E-state index contributed by atoms with van der Waals surface area (Å²) < 4.78 is 18.3. The summed E-state index contributed by atoms with van der Waals surface area (Å²) in [5.41, 5.74) is 2.61. The highest BCUT2D eigenvalue weighted by Gasteiger charge is 2.37. The van der Waals surface area contributed by atoms with Crippen LogP contribution in [0.1, 0.15) is 120 Å². The van der Waals surface area contributed by atoms with Crippen LogP contribution in [0.5, 0.6) is 5.75 Å². The van der Waals surface area contributed by atoms with Gasteiger partial charge in [0.1, 0.15) is 11.4 Å². The standard InChI is InChI=1S/C39H56O3/c1-3-4-5-6-7-8-9-10-11-12-13-14-15-22-32-41-33-23-34-42-39(35-24-18-16-19-25-35,36-26-20-17-21-27-36)37-28-30-38(40-2)31-29-37/h16-21,24-31H,3-15,22-23,32-34H2,1-2H3. The van der Waals surface area contributed by atoms with Crippen LogP contribution in [-0.2, 0) is 15.1 Å². The second-order valence-electron chi connectivity index (χ2n) is 11.6. The van der Waals surface area contributed by atoms with E-state index in [0.29, 0.717) is 6.61 Å².